The van der Waals surface area contributed by atoms with Crippen LogP contribution in [0.2, 0.25) is 0 Å². The Labute approximate surface area is 140 Å². The molecule has 6 nitrogen and oxygen atoms in total. The molecule has 1 aliphatic heterocycles. The van der Waals surface area contributed by atoms with Crippen molar-refractivity contribution in [3.63, 3.8) is 0 Å². The summed E-state index contributed by atoms with van der Waals surface area (Å²) in [6, 6.07) is 10.7. The molecule has 2 aromatic rings. The number of aromatic carboxylic acids is 1. The summed E-state index contributed by atoms with van der Waals surface area (Å²) in [4.78, 5) is 31.9. The number of pyridine rings is 1. The van der Waals surface area contributed by atoms with Crippen molar-refractivity contribution in [1.29, 1.82) is 0 Å². The molecule has 0 bridgehead atoms. The summed E-state index contributed by atoms with van der Waals surface area (Å²) in [5.41, 5.74) is 1.87. The fourth-order valence-electron chi connectivity index (χ4n) is 2.92. The van der Waals surface area contributed by atoms with E-state index in [4.69, 9.17) is 0 Å². The van der Waals surface area contributed by atoms with Gasteiger partial charge < -0.3 is 14.9 Å². The maximum atomic E-state index is 12.6. The molecule has 1 N–H and O–H groups in total. The molecule has 2 heterocycles. The Morgan fingerprint density at radius 2 is 1.67 bits per heavy atom. The van der Waals surface area contributed by atoms with Crippen LogP contribution < -0.4 is 4.90 Å². The lowest BCUT2D eigenvalue weighted by Gasteiger charge is -2.36. The quantitative estimate of drug-likeness (QED) is 0.935. The van der Waals surface area contributed by atoms with Crippen LogP contribution in [-0.4, -0.2) is 53.0 Å². The average Bonchev–Trinajstić information content (AvgIpc) is 2.62. The average molecular weight is 325 g/mol. The zero-order valence-corrected chi connectivity index (χ0v) is 13.5. The van der Waals surface area contributed by atoms with E-state index < -0.39 is 5.97 Å². The van der Waals surface area contributed by atoms with Crippen molar-refractivity contribution < 1.29 is 14.7 Å². The summed E-state index contributed by atoms with van der Waals surface area (Å²) in [5.74, 6) is -0.503. The van der Waals surface area contributed by atoms with Crippen molar-refractivity contribution in [3.8, 4) is 0 Å². The highest BCUT2D eigenvalue weighted by Crippen LogP contribution is 2.20. The summed E-state index contributed by atoms with van der Waals surface area (Å²) in [6.45, 7) is 4.14. The van der Waals surface area contributed by atoms with Gasteiger partial charge in [0.05, 0.1) is 0 Å². The van der Waals surface area contributed by atoms with E-state index in [1.54, 1.807) is 18.3 Å². The highest BCUT2D eigenvalue weighted by atomic mass is 16.4. The van der Waals surface area contributed by atoms with Crippen LogP contribution in [0.4, 0.5) is 5.82 Å². The maximum Gasteiger partial charge on any atom is 0.339 e. The molecule has 0 saturated carbocycles. The summed E-state index contributed by atoms with van der Waals surface area (Å²) < 4.78 is 0. The van der Waals surface area contributed by atoms with E-state index in [9.17, 15) is 14.7 Å². The van der Waals surface area contributed by atoms with Gasteiger partial charge in [-0.1, -0.05) is 18.2 Å². The molecule has 1 amide bonds. The van der Waals surface area contributed by atoms with Gasteiger partial charge in [-0.2, -0.15) is 0 Å². The molecule has 24 heavy (non-hydrogen) atoms. The number of aryl methyl sites for hydroxylation is 1. The Morgan fingerprint density at radius 3 is 2.33 bits per heavy atom. The Hall–Kier alpha value is -2.89. The Morgan fingerprint density at radius 1 is 1.00 bits per heavy atom. The number of amides is 1. The molecule has 1 aromatic carbocycles. The predicted molar refractivity (Wildman–Crippen MR) is 90.5 cm³/mol. The number of nitrogens with zero attached hydrogens (tertiary/aromatic N) is 3. The lowest BCUT2D eigenvalue weighted by molar-refractivity contribution is 0.0692. The molecule has 1 aliphatic rings. The Balaban J connectivity index is 1.72. The fraction of sp³-hybridized carbons (Fsp3) is 0.278. The van der Waals surface area contributed by atoms with Crippen LogP contribution in [0, 0.1) is 6.92 Å². The molecular weight excluding hydrogens is 306 g/mol. The highest BCUT2D eigenvalue weighted by Gasteiger charge is 2.25. The molecule has 0 aliphatic carbocycles. The number of aromatic nitrogens is 1. The molecule has 0 spiro atoms. The summed E-state index contributed by atoms with van der Waals surface area (Å²) >= 11 is 0. The molecule has 0 atom stereocenters. The van der Waals surface area contributed by atoms with Crippen LogP contribution >= 0.6 is 0 Å². The summed E-state index contributed by atoms with van der Waals surface area (Å²) in [6.07, 6.45) is 1.59. The van der Waals surface area contributed by atoms with Gasteiger partial charge in [-0.3, -0.25) is 4.79 Å². The van der Waals surface area contributed by atoms with E-state index >= 15 is 0 Å². The fourth-order valence-corrected chi connectivity index (χ4v) is 2.92. The lowest BCUT2D eigenvalue weighted by Crippen LogP contribution is -2.49. The minimum absolute atomic E-state index is 0.0206. The van der Waals surface area contributed by atoms with Crippen molar-refractivity contribution in [1.82, 2.24) is 9.88 Å². The second kappa shape index (κ2) is 6.70. The van der Waals surface area contributed by atoms with Gasteiger partial charge >= 0.3 is 5.97 Å². The number of hydrogen-bond acceptors (Lipinski definition) is 4. The van der Waals surface area contributed by atoms with Crippen molar-refractivity contribution >= 4 is 17.7 Å². The highest BCUT2D eigenvalue weighted by molar-refractivity contribution is 5.96. The Bertz CT molecular complexity index is 768. The third kappa shape index (κ3) is 3.08. The number of carboxylic acid groups (broad SMARTS) is 1. The lowest BCUT2D eigenvalue weighted by atomic mass is 10.1. The van der Waals surface area contributed by atoms with Gasteiger partial charge in [-0.25, -0.2) is 9.78 Å². The first kappa shape index (κ1) is 16.0. The monoisotopic (exact) mass is 325 g/mol. The van der Waals surface area contributed by atoms with Gasteiger partial charge in [0, 0.05) is 37.9 Å². The van der Waals surface area contributed by atoms with E-state index in [1.165, 1.54) is 0 Å². The number of carbonyl (C=O) groups excluding carboxylic acids is 1. The van der Waals surface area contributed by atoms with E-state index in [1.807, 2.05) is 41.0 Å². The molecular formula is C18H19N3O3. The van der Waals surface area contributed by atoms with Crippen LogP contribution in [-0.2, 0) is 0 Å². The van der Waals surface area contributed by atoms with Crippen LogP contribution in [0.1, 0.15) is 26.3 Å². The molecule has 0 unspecified atom stereocenters. The third-order valence-corrected chi connectivity index (χ3v) is 4.26. The molecule has 6 heteroatoms. The number of benzene rings is 1. The topological polar surface area (TPSA) is 73.7 Å². The molecule has 1 fully saturated rings. The van der Waals surface area contributed by atoms with Gasteiger partial charge in [-0.15, -0.1) is 0 Å². The number of carboxylic acids is 1. The smallest absolute Gasteiger partial charge is 0.339 e. The van der Waals surface area contributed by atoms with Gasteiger partial charge in [0.15, 0.2) is 0 Å². The summed E-state index contributed by atoms with van der Waals surface area (Å²) in [5, 5.41) is 9.28. The van der Waals surface area contributed by atoms with Crippen molar-refractivity contribution in [2.75, 3.05) is 31.1 Å². The minimum atomic E-state index is -0.989. The van der Waals surface area contributed by atoms with E-state index in [-0.39, 0.29) is 11.5 Å². The van der Waals surface area contributed by atoms with Crippen LogP contribution in [0.5, 0.6) is 0 Å². The first-order valence-corrected chi connectivity index (χ1v) is 7.86. The number of piperazine rings is 1. The van der Waals surface area contributed by atoms with Gasteiger partial charge in [0.1, 0.15) is 11.4 Å². The zero-order chi connectivity index (χ0) is 17.1. The molecule has 124 valence electrons. The number of anilines is 1. The van der Waals surface area contributed by atoms with Crippen LogP contribution in [0.3, 0.4) is 0 Å². The number of rotatable bonds is 3. The van der Waals surface area contributed by atoms with Crippen molar-refractivity contribution in [3.05, 3.63) is 59.3 Å². The first-order chi connectivity index (χ1) is 11.6. The normalized spacial score (nSPS) is 14.5. The van der Waals surface area contributed by atoms with Crippen LogP contribution in [0.15, 0.2) is 42.6 Å². The molecule has 3 rings (SSSR count). The minimum Gasteiger partial charge on any atom is -0.478 e. The summed E-state index contributed by atoms with van der Waals surface area (Å²) in [7, 11) is 0. The van der Waals surface area contributed by atoms with Crippen LogP contribution in [0.25, 0.3) is 0 Å². The second-order valence-corrected chi connectivity index (χ2v) is 5.77. The van der Waals surface area contributed by atoms with E-state index in [2.05, 4.69) is 4.98 Å². The van der Waals surface area contributed by atoms with Gasteiger partial charge in [0.25, 0.3) is 5.91 Å². The van der Waals surface area contributed by atoms with E-state index in [0.29, 0.717) is 32.0 Å². The molecule has 0 radical (unpaired) electrons. The molecule has 1 aromatic heterocycles. The standard InChI is InChI=1S/C18H19N3O3/c1-13-5-2-3-6-14(13)17(22)21-11-9-20(10-12-21)16-15(18(23)24)7-4-8-19-16/h2-8H,9-12H2,1H3,(H,23,24). The maximum absolute atomic E-state index is 12.6. The van der Waals surface area contributed by atoms with E-state index in [0.717, 1.165) is 11.1 Å². The first-order valence-electron chi connectivity index (χ1n) is 7.86. The zero-order valence-electron chi connectivity index (χ0n) is 13.5. The predicted octanol–water partition coefficient (Wildman–Crippen LogP) is 2.05. The van der Waals surface area contributed by atoms with Crippen molar-refractivity contribution in [2.45, 2.75) is 6.92 Å². The largest absolute Gasteiger partial charge is 0.478 e. The SMILES string of the molecule is Cc1ccccc1C(=O)N1CCN(c2ncccc2C(=O)O)CC1. The van der Waals surface area contributed by atoms with Gasteiger partial charge in [0.2, 0.25) is 0 Å². The third-order valence-electron chi connectivity index (χ3n) is 4.26. The number of hydrogen-bond donors (Lipinski definition) is 1. The van der Waals surface area contributed by atoms with Crippen molar-refractivity contribution in [2.24, 2.45) is 0 Å². The molecule has 1 saturated heterocycles. The van der Waals surface area contributed by atoms with Gasteiger partial charge in [-0.05, 0) is 30.7 Å². The number of carbonyl (C=O) groups is 2. The second-order valence-electron chi connectivity index (χ2n) is 5.77. The Kier molecular flexibility index (Phi) is 4.46.